The summed E-state index contributed by atoms with van der Waals surface area (Å²) in [6, 6.07) is 96.5. The smallest absolute Gasteiger partial charge is 0.0776 e. The van der Waals surface area contributed by atoms with Gasteiger partial charge in [0.05, 0.1) is 38.9 Å². The Labute approximate surface area is 459 Å². The third kappa shape index (κ3) is 7.89. The highest BCUT2D eigenvalue weighted by Gasteiger charge is 2.29. The molecule has 4 heteroatoms. The van der Waals surface area contributed by atoms with Gasteiger partial charge in [0.25, 0.3) is 0 Å². The maximum Gasteiger partial charge on any atom is 0.0776 e. The number of anilines is 6. The molecule has 0 atom stereocenters. The number of benzene rings is 14. The lowest BCUT2D eigenvalue weighted by atomic mass is 9.84. The van der Waals surface area contributed by atoms with E-state index >= 15 is 0 Å². The number of nitrogens with zero attached hydrogens (tertiary/aromatic N) is 2. The molecule has 14 aromatic rings. The predicted molar refractivity (Wildman–Crippen MR) is 346 cm³/mol. The largest absolute Gasteiger partial charge is 0.309 e. The fraction of sp³-hybridized carbons (Fsp3) is 0.0811. The van der Waals surface area contributed by atoms with Crippen LogP contribution in [-0.4, -0.2) is 16.1 Å². The van der Waals surface area contributed by atoms with Gasteiger partial charge in [-0.05, 0) is 114 Å². The second-order valence-corrected chi connectivity index (χ2v) is 33.4. The number of hydrogen-bond donors (Lipinski definition) is 0. The van der Waals surface area contributed by atoms with Crippen molar-refractivity contribution in [2.24, 2.45) is 0 Å². The summed E-state index contributed by atoms with van der Waals surface area (Å²) in [7, 11) is -3.52. The van der Waals surface area contributed by atoms with Crippen molar-refractivity contribution >= 4 is 136 Å². The van der Waals surface area contributed by atoms with Crippen LogP contribution in [0.5, 0.6) is 0 Å². The van der Waals surface area contributed by atoms with E-state index in [1.807, 2.05) is 0 Å². The minimum Gasteiger partial charge on any atom is -0.309 e. The standard InChI is InChI=1S/C74H60N2Si2/c1-77(2,3)55-31-19-29-53(45-55)75(69-39-17-27-51-23-9-13-35-59(51)69)71-47-67(61-37-15-25-49-21-7-11-33-57(49)61)63-42-44-66-72(48-68(64-41-43-65(71)73(63)74(64)66)62-38-16-26-50-22-8-12-34-58(50)62)76(54-30-20-32-56(46-54)78(4,5)6)70-40-18-28-52-24-10-14-36-60(52)70/h7-48H,1-6H3. The topological polar surface area (TPSA) is 6.48 Å². The van der Waals surface area contributed by atoms with Gasteiger partial charge in [-0.25, -0.2) is 0 Å². The maximum atomic E-state index is 2.59. The zero-order chi connectivity index (χ0) is 52.9. The van der Waals surface area contributed by atoms with Crippen molar-refractivity contribution in [2.45, 2.75) is 39.3 Å². The van der Waals surface area contributed by atoms with Crippen LogP contribution in [0, 0.1) is 0 Å². The molecule has 0 aliphatic rings. The predicted octanol–water partition coefficient (Wildman–Crippen LogP) is 20.6. The second-order valence-electron chi connectivity index (χ2n) is 23.3. The van der Waals surface area contributed by atoms with Crippen LogP contribution in [0.15, 0.2) is 255 Å². The summed E-state index contributed by atoms with van der Waals surface area (Å²) in [5.41, 5.74) is 11.8. The third-order valence-electron chi connectivity index (χ3n) is 16.5. The molecule has 0 aromatic heterocycles. The van der Waals surface area contributed by atoms with Gasteiger partial charge in [0.1, 0.15) is 0 Å². The van der Waals surface area contributed by atoms with Crippen LogP contribution in [0.3, 0.4) is 0 Å². The molecule has 0 unspecified atom stereocenters. The Morgan fingerprint density at radius 1 is 0.231 bits per heavy atom. The van der Waals surface area contributed by atoms with E-state index < -0.39 is 16.1 Å². The third-order valence-corrected chi connectivity index (χ3v) is 20.5. The lowest BCUT2D eigenvalue weighted by Gasteiger charge is -2.32. The Bertz CT molecular complexity index is 4360. The summed E-state index contributed by atoms with van der Waals surface area (Å²) in [5.74, 6) is 0. The second kappa shape index (κ2) is 18.4. The van der Waals surface area contributed by atoms with Gasteiger partial charge in [-0.2, -0.15) is 0 Å². The fourth-order valence-corrected chi connectivity index (χ4v) is 14.9. The molecule has 374 valence electrons. The zero-order valence-corrected chi connectivity index (χ0v) is 47.1. The Morgan fingerprint density at radius 2 is 0.551 bits per heavy atom. The molecule has 0 fully saturated rings. The zero-order valence-electron chi connectivity index (χ0n) is 45.1. The van der Waals surface area contributed by atoms with Crippen LogP contribution >= 0.6 is 0 Å². The first-order valence-corrected chi connectivity index (χ1v) is 34.5. The molecule has 0 N–H and O–H groups in total. The van der Waals surface area contributed by atoms with E-state index in [1.54, 1.807) is 0 Å². The normalized spacial score (nSPS) is 12.2. The molecule has 0 saturated heterocycles. The molecule has 0 aliphatic heterocycles. The molecule has 0 aliphatic carbocycles. The molecular formula is C74H60N2Si2. The van der Waals surface area contributed by atoms with E-state index in [-0.39, 0.29) is 0 Å². The average molecular weight is 1030 g/mol. The highest BCUT2D eigenvalue weighted by Crippen LogP contribution is 2.54. The van der Waals surface area contributed by atoms with Crippen LogP contribution in [-0.2, 0) is 0 Å². The van der Waals surface area contributed by atoms with E-state index in [4.69, 9.17) is 0 Å². The van der Waals surface area contributed by atoms with Crippen molar-refractivity contribution in [2.75, 3.05) is 9.80 Å². The van der Waals surface area contributed by atoms with Crippen molar-refractivity contribution in [3.63, 3.8) is 0 Å². The first kappa shape index (κ1) is 47.6. The molecule has 0 spiro atoms. The van der Waals surface area contributed by atoms with Gasteiger partial charge in [0.15, 0.2) is 0 Å². The van der Waals surface area contributed by atoms with Gasteiger partial charge in [-0.3, -0.25) is 0 Å². The highest BCUT2D eigenvalue weighted by atomic mass is 28.3. The number of hydrogen-bond acceptors (Lipinski definition) is 2. The number of fused-ring (bicyclic) bond motifs is 4. The lowest BCUT2D eigenvalue weighted by Crippen LogP contribution is -2.37. The van der Waals surface area contributed by atoms with E-state index in [0.717, 1.165) is 34.1 Å². The molecule has 0 heterocycles. The summed E-state index contributed by atoms with van der Waals surface area (Å²) in [5, 5.41) is 20.0. The Kier molecular flexibility index (Phi) is 11.3. The summed E-state index contributed by atoms with van der Waals surface area (Å²) in [6.45, 7) is 14.7. The Balaban J connectivity index is 1.19. The molecule has 14 rings (SSSR count). The van der Waals surface area contributed by atoms with Gasteiger partial charge in [-0.1, -0.05) is 256 Å². The van der Waals surface area contributed by atoms with Gasteiger partial charge < -0.3 is 9.80 Å². The molecule has 78 heavy (non-hydrogen) atoms. The van der Waals surface area contributed by atoms with Crippen molar-refractivity contribution < 1.29 is 0 Å². The SMILES string of the molecule is C[Si](C)(C)c1cccc(N(c2cccc3ccccc23)c2cc(-c3cccc4ccccc34)c3ccc4c(N(c5cccc([Si](C)(C)C)c5)c5cccc6ccccc56)cc(-c5cccc6ccccc56)c5ccc2c3c54)c1. The van der Waals surface area contributed by atoms with E-state index in [1.165, 1.54) is 108 Å². The van der Waals surface area contributed by atoms with Gasteiger partial charge >= 0.3 is 0 Å². The summed E-state index contributed by atoms with van der Waals surface area (Å²) in [6.07, 6.45) is 0. The molecule has 2 nitrogen and oxygen atoms in total. The molecule has 0 amide bonds. The van der Waals surface area contributed by atoms with Crippen LogP contribution < -0.4 is 20.2 Å². The molecule has 0 bridgehead atoms. The van der Waals surface area contributed by atoms with Crippen LogP contribution in [0.1, 0.15) is 0 Å². The maximum absolute atomic E-state index is 2.59. The van der Waals surface area contributed by atoms with Crippen LogP contribution in [0.2, 0.25) is 39.3 Å². The van der Waals surface area contributed by atoms with Crippen molar-refractivity contribution in [3.05, 3.63) is 255 Å². The van der Waals surface area contributed by atoms with Crippen molar-refractivity contribution in [1.29, 1.82) is 0 Å². The van der Waals surface area contributed by atoms with Crippen molar-refractivity contribution in [3.8, 4) is 22.3 Å². The monoisotopic (exact) mass is 1030 g/mol. The minimum absolute atomic E-state index is 1.15. The Hall–Kier alpha value is -8.81. The quantitative estimate of drug-likeness (QED) is 0.0995. The molecule has 14 aromatic carbocycles. The van der Waals surface area contributed by atoms with Gasteiger partial charge in [-0.15, -0.1) is 0 Å². The summed E-state index contributed by atoms with van der Waals surface area (Å²) >= 11 is 0. The summed E-state index contributed by atoms with van der Waals surface area (Å²) < 4.78 is 0. The molecule has 0 radical (unpaired) electrons. The van der Waals surface area contributed by atoms with Gasteiger partial charge in [0, 0.05) is 43.7 Å². The average Bonchev–Trinajstić information content (AvgIpc) is 3.62. The van der Waals surface area contributed by atoms with Gasteiger partial charge in [0.2, 0.25) is 0 Å². The summed E-state index contributed by atoms with van der Waals surface area (Å²) in [4.78, 5) is 5.17. The van der Waals surface area contributed by atoms with E-state index in [2.05, 4.69) is 304 Å². The first-order chi connectivity index (χ1) is 38.0. The molecule has 0 saturated carbocycles. The fourth-order valence-electron chi connectivity index (χ4n) is 12.5. The number of rotatable bonds is 10. The van der Waals surface area contributed by atoms with Crippen molar-refractivity contribution in [1.82, 2.24) is 0 Å². The Morgan fingerprint density at radius 3 is 0.949 bits per heavy atom. The van der Waals surface area contributed by atoms with Crippen LogP contribution in [0.25, 0.3) is 97.7 Å². The van der Waals surface area contributed by atoms with E-state index in [9.17, 15) is 0 Å². The minimum atomic E-state index is -1.76. The lowest BCUT2D eigenvalue weighted by molar-refractivity contribution is 1.31. The first-order valence-electron chi connectivity index (χ1n) is 27.5. The highest BCUT2D eigenvalue weighted by molar-refractivity contribution is 6.89. The van der Waals surface area contributed by atoms with E-state index in [0.29, 0.717) is 0 Å². The molecular weight excluding hydrogens is 973 g/mol. The van der Waals surface area contributed by atoms with Crippen LogP contribution in [0.4, 0.5) is 34.1 Å².